The molecule has 178 valence electrons. The van der Waals surface area contributed by atoms with E-state index in [1.54, 1.807) is 0 Å². The lowest BCUT2D eigenvalue weighted by molar-refractivity contribution is -0.189. The zero-order chi connectivity index (χ0) is 24.7. The van der Waals surface area contributed by atoms with Crippen LogP contribution in [0.1, 0.15) is 105 Å². The summed E-state index contributed by atoms with van der Waals surface area (Å²) in [5.41, 5.74) is 4.27. The molecule has 0 bridgehead atoms. The summed E-state index contributed by atoms with van der Waals surface area (Å²) >= 11 is 0. The molecule has 2 rings (SSSR count). The molecule has 0 heterocycles. The van der Waals surface area contributed by atoms with Crippen LogP contribution in [0.5, 0.6) is 11.5 Å². The summed E-state index contributed by atoms with van der Waals surface area (Å²) in [5.74, 6) is 1.25. The van der Waals surface area contributed by atoms with Gasteiger partial charge in [-0.1, -0.05) is 107 Å². The van der Waals surface area contributed by atoms with Gasteiger partial charge < -0.3 is 13.9 Å². The van der Waals surface area contributed by atoms with Crippen LogP contribution < -0.4 is 13.9 Å². The van der Waals surface area contributed by atoms with Crippen molar-refractivity contribution >= 4 is 8.60 Å². The maximum absolute atomic E-state index is 13.0. The van der Waals surface area contributed by atoms with E-state index in [-0.39, 0.29) is 21.7 Å². The third kappa shape index (κ3) is 6.72. The molecule has 0 N–H and O–H groups in total. The Kier molecular flexibility index (Phi) is 7.50. The van der Waals surface area contributed by atoms with Gasteiger partial charge in [0.2, 0.25) is 0 Å². The van der Waals surface area contributed by atoms with E-state index in [9.17, 15) is 4.89 Å². The van der Waals surface area contributed by atoms with E-state index in [1.807, 2.05) is 12.1 Å². The molecule has 0 aliphatic rings. The van der Waals surface area contributed by atoms with Gasteiger partial charge in [-0.05, 0) is 44.9 Å². The Labute approximate surface area is 197 Å². The number of benzene rings is 2. The molecule has 0 amide bonds. The van der Waals surface area contributed by atoms with Gasteiger partial charge in [0.05, 0.1) is 0 Å². The number of hydrogen-bond donors (Lipinski definition) is 0. The molecular formula is C28H43O3P. The highest BCUT2D eigenvalue weighted by Crippen LogP contribution is 2.43. The predicted molar refractivity (Wildman–Crippen MR) is 137 cm³/mol. The van der Waals surface area contributed by atoms with Gasteiger partial charge in [0.1, 0.15) is 0 Å². The van der Waals surface area contributed by atoms with E-state index in [0.717, 1.165) is 11.1 Å². The summed E-state index contributed by atoms with van der Waals surface area (Å²) in [4.78, 5) is 13.0. The van der Waals surface area contributed by atoms with E-state index in [2.05, 4.69) is 107 Å². The lowest BCUT2D eigenvalue weighted by atomic mass is 9.80. The first kappa shape index (κ1) is 26.7. The first-order valence-corrected chi connectivity index (χ1v) is 12.7. The van der Waals surface area contributed by atoms with E-state index >= 15 is 0 Å². The van der Waals surface area contributed by atoms with Crippen molar-refractivity contribution in [1.82, 2.24) is 0 Å². The molecule has 2 aromatic rings. The van der Waals surface area contributed by atoms with Crippen LogP contribution in [0.25, 0.3) is 0 Å². The summed E-state index contributed by atoms with van der Waals surface area (Å²) in [7, 11) is -2.80. The van der Waals surface area contributed by atoms with Gasteiger partial charge in [-0.2, -0.15) is 0 Å². The molecule has 3 nitrogen and oxygen atoms in total. The molecule has 2 aromatic carbocycles. The minimum atomic E-state index is -2.80. The van der Waals surface area contributed by atoms with E-state index in [0.29, 0.717) is 11.5 Å². The van der Waals surface area contributed by atoms with E-state index in [4.69, 9.17) is 9.05 Å². The van der Waals surface area contributed by atoms with Gasteiger partial charge in [0, 0.05) is 11.1 Å². The van der Waals surface area contributed by atoms with Crippen LogP contribution in [0.15, 0.2) is 36.4 Å². The smallest absolute Gasteiger partial charge is 0.319 e. The van der Waals surface area contributed by atoms with Crippen molar-refractivity contribution in [3.63, 3.8) is 0 Å². The highest BCUT2D eigenvalue weighted by atomic mass is 31.2. The molecular weight excluding hydrogens is 415 g/mol. The van der Waals surface area contributed by atoms with Gasteiger partial charge in [0.15, 0.2) is 11.5 Å². The van der Waals surface area contributed by atoms with Gasteiger partial charge in [-0.25, -0.2) is 0 Å². The summed E-state index contributed by atoms with van der Waals surface area (Å²) in [6.07, 6.45) is 0. The van der Waals surface area contributed by atoms with Crippen molar-refractivity contribution in [3.05, 3.63) is 58.7 Å². The topological polar surface area (TPSA) is 41.5 Å². The van der Waals surface area contributed by atoms with Gasteiger partial charge in [-0.15, -0.1) is 0 Å². The van der Waals surface area contributed by atoms with Crippen molar-refractivity contribution in [2.45, 2.75) is 105 Å². The first-order chi connectivity index (χ1) is 14.3. The molecule has 0 saturated carbocycles. The third-order valence-electron chi connectivity index (χ3n) is 5.69. The van der Waals surface area contributed by atoms with Crippen molar-refractivity contribution in [2.24, 2.45) is 0 Å². The number of rotatable bonds is 4. The quantitative estimate of drug-likeness (QED) is 0.442. The first-order valence-electron chi connectivity index (χ1n) is 11.5. The summed E-state index contributed by atoms with van der Waals surface area (Å²) in [5, 5.41) is 0. The van der Waals surface area contributed by atoms with E-state index in [1.165, 1.54) is 11.1 Å². The molecule has 0 unspecified atom stereocenters. The Hall–Kier alpha value is -1.57. The molecule has 0 radical (unpaired) electrons. The molecule has 0 aromatic heterocycles. The monoisotopic (exact) mass is 458 g/mol. The normalized spacial score (nSPS) is 13.4. The molecule has 0 saturated heterocycles. The van der Waals surface area contributed by atoms with Crippen molar-refractivity contribution < 1.29 is 13.9 Å². The van der Waals surface area contributed by atoms with Gasteiger partial charge in [0.25, 0.3) is 0 Å². The van der Waals surface area contributed by atoms with Crippen LogP contribution in [-0.4, -0.2) is 0 Å². The molecule has 0 aliphatic carbocycles. The molecule has 4 heteroatoms. The van der Waals surface area contributed by atoms with Crippen LogP contribution in [0.3, 0.4) is 0 Å². The summed E-state index contributed by atoms with van der Waals surface area (Å²) in [6, 6.07) is 12.3. The second-order valence-electron chi connectivity index (χ2n) is 12.9. The standard InChI is InChI=1S/C28H43O3P/c1-25(2,3)19-13-15-23(21(17-19)27(7,8)9)30-32(29)31-24-16-14-20(26(4,5)6)18-22(24)28(10,11)12/h13-18,32H,1-12H3. The second-order valence-corrected chi connectivity index (χ2v) is 13.8. The van der Waals surface area contributed by atoms with Crippen LogP contribution in [0.2, 0.25) is 0 Å². The van der Waals surface area contributed by atoms with Crippen LogP contribution in [0, 0.1) is 0 Å². The number of hydrogen-bond acceptors (Lipinski definition) is 3. The van der Waals surface area contributed by atoms with E-state index < -0.39 is 8.60 Å². The highest BCUT2D eigenvalue weighted by Gasteiger charge is 2.28. The second kappa shape index (κ2) is 8.99. The zero-order valence-electron chi connectivity index (χ0n) is 22.2. The maximum atomic E-state index is 13.0. The molecule has 0 spiro atoms. The lowest BCUT2D eigenvalue weighted by Gasteiger charge is -2.28. The minimum Gasteiger partial charge on any atom is -0.618 e. The zero-order valence-corrected chi connectivity index (χ0v) is 23.2. The third-order valence-corrected chi connectivity index (χ3v) is 6.47. The molecule has 0 atom stereocenters. The largest absolute Gasteiger partial charge is 0.618 e. The van der Waals surface area contributed by atoms with Gasteiger partial charge in [-0.3, -0.25) is 0 Å². The Morgan fingerprint density at radius 1 is 0.531 bits per heavy atom. The van der Waals surface area contributed by atoms with Crippen molar-refractivity contribution in [3.8, 4) is 11.5 Å². The summed E-state index contributed by atoms with van der Waals surface area (Å²) in [6.45, 7) is 26.0. The Balaban J connectivity index is 2.38. The Morgan fingerprint density at radius 2 is 0.844 bits per heavy atom. The summed E-state index contributed by atoms with van der Waals surface area (Å²) < 4.78 is 11.9. The Bertz CT molecular complexity index is 858. The van der Waals surface area contributed by atoms with Crippen molar-refractivity contribution in [1.29, 1.82) is 0 Å². The highest BCUT2D eigenvalue weighted by molar-refractivity contribution is 7.39. The predicted octanol–water partition coefficient (Wildman–Crippen LogP) is 7.65. The minimum absolute atomic E-state index is 0.0245. The fourth-order valence-corrected chi connectivity index (χ4v) is 4.30. The maximum Gasteiger partial charge on any atom is 0.319 e. The SMILES string of the molecule is CC(C)(C)c1ccc(O[PH+]([O-])Oc2ccc(C(C)(C)C)cc2C(C)(C)C)c(C(C)(C)C)c1. The fraction of sp³-hybridized carbons (Fsp3) is 0.571. The van der Waals surface area contributed by atoms with Crippen LogP contribution >= 0.6 is 8.60 Å². The molecule has 0 fully saturated rings. The average Bonchev–Trinajstić information content (AvgIpc) is 2.58. The molecule has 32 heavy (non-hydrogen) atoms. The molecule has 0 aliphatic heterocycles. The average molecular weight is 459 g/mol. The van der Waals surface area contributed by atoms with Crippen LogP contribution in [0.4, 0.5) is 0 Å². The van der Waals surface area contributed by atoms with Gasteiger partial charge >= 0.3 is 8.60 Å². The fourth-order valence-electron chi connectivity index (χ4n) is 3.54. The van der Waals surface area contributed by atoms with Crippen LogP contribution in [-0.2, 0) is 21.7 Å². The Morgan fingerprint density at radius 3 is 1.09 bits per heavy atom. The van der Waals surface area contributed by atoms with Crippen molar-refractivity contribution in [2.75, 3.05) is 0 Å². The lowest BCUT2D eigenvalue weighted by Crippen LogP contribution is -2.19.